The number of rotatable bonds is 3. The van der Waals surface area contributed by atoms with Crippen LogP contribution in [0.5, 0.6) is 5.75 Å². The zero-order chi connectivity index (χ0) is 14.8. The predicted molar refractivity (Wildman–Crippen MR) is 86.0 cm³/mol. The van der Waals surface area contributed by atoms with Gasteiger partial charge in [-0.25, -0.2) is 0 Å². The van der Waals surface area contributed by atoms with Crippen molar-refractivity contribution in [3.8, 4) is 17.2 Å². The van der Waals surface area contributed by atoms with Crippen LogP contribution in [0, 0.1) is 0 Å². The quantitative estimate of drug-likeness (QED) is 0.688. The molecule has 3 rings (SSSR count). The van der Waals surface area contributed by atoms with Gasteiger partial charge in [0.05, 0.1) is 5.56 Å². The number of phenols is 1. The van der Waals surface area contributed by atoms with E-state index in [1.54, 1.807) is 18.2 Å². The third kappa shape index (κ3) is 3.33. The zero-order valence-corrected chi connectivity index (χ0v) is 13.9. The Bertz CT molecular complexity index is 770. The molecule has 0 aliphatic heterocycles. The third-order valence-electron chi connectivity index (χ3n) is 2.93. The monoisotopic (exact) mass is 408 g/mol. The van der Waals surface area contributed by atoms with Crippen LogP contribution in [0.3, 0.4) is 0 Å². The minimum Gasteiger partial charge on any atom is -0.507 e. The van der Waals surface area contributed by atoms with Crippen LogP contribution >= 0.6 is 31.9 Å². The van der Waals surface area contributed by atoms with E-state index in [-0.39, 0.29) is 5.75 Å². The molecule has 0 unspecified atom stereocenters. The Morgan fingerprint density at radius 1 is 1.00 bits per heavy atom. The van der Waals surface area contributed by atoms with Gasteiger partial charge in [0.1, 0.15) is 5.75 Å². The van der Waals surface area contributed by atoms with Gasteiger partial charge >= 0.3 is 0 Å². The molecular formula is C15H10Br2N2O2. The van der Waals surface area contributed by atoms with Crippen LogP contribution in [-0.4, -0.2) is 15.2 Å². The van der Waals surface area contributed by atoms with E-state index in [9.17, 15) is 5.11 Å². The smallest absolute Gasteiger partial charge is 0.261 e. The second-order valence-electron chi connectivity index (χ2n) is 4.48. The van der Waals surface area contributed by atoms with Gasteiger partial charge in [0, 0.05) is 15.4 Å². The van der Waals surface area contributed by atoms with Crippen LogP contribution < -0.4 is 0 Å². The molecule has 1 aromatic heterocycles. The van der Waals surface area contributed by atoms with Crippen molar-refractivity contribution in [3.63, 3.8) is 0 Å². The lowest BCUT2D eigenvalue weighted by atomic mass is 10.1. The Balaban J connectivity index is 1.86. The van der Waals surface area contributed by atoms with Gasteiger partial charge in [0.2, 0.25) is 0 Å². The van der Waals surface area contributed by atoms with Crippen LogP contribution in [0.1, 0.15) is 11.4 Å². The summed E-state index contributed by atoms with van der Waals surface area (Å²) in [7, 11) is 0. The number of hydrogen-bond acceptors (Lipinski definition) is 4. The molecule has 2 aromatic carbocycles. The highest BCUT2D eigenvalue weighted by molar-refractivity contribution is 9.10. The van der Waals surface area contributed by atoms with Crippen LogP contribution in [0.15, 0.2) is 55.9 Å². The summed E-state index contributed by atoms with van der Waals surface area (Å²) in [6.07, 6.45) is 0.575. The molecule has 0 aliphatic rings. The lowest BCUT2D eigenvalue weighted by Gasteiger charge is -1.99. The molecule has 3 aromatic rings. The van der Waals surface area contributed by atoms with Gasteiger partial charge < -0.3 is 9.63 Å². The number of halogens is 2. The Kier molecular flexibility index (Phi) is 4.07. The van der Waals surface area contributed by atoms with Crippen molar-refractivity contribution in [3.05, 3.63) is 62.8 Å². The zero-order valence-electron chi connectivity index (χ0n) is 10.8. The van der Waals surface area contributed by atoms with Crippen molar-refractivity contribution >= 4 is 31.9 Å². The average Bonchev–Trinajstić information content (AvgIpc) is 2.92. The molecule has 0 fully saturated rings. The van der Waals surface area contributed by atoms with Crippen molar-refractivity contribution in [1.82, 2.24) is 10.1 Å². The van der Waals surface area contributed by atoms with Gasteiger partial charge in [-0.05, 0) is 35.9 Å². The van der Waals surface area contributed by atoms with E-state index >= 15 is 0 Å². The third-order valence-corrected chi connectivity index (χ3v) is 3.95. The minimum atomic E-state index is 0.108. The molecule has 1 heterocycles. The molecule has 0 spiro atoms. The van der Waals surface area contributed by atoms with Gasteiger partial charge in [0.15, 0.2) is 5.82 Å². The molecule has 106 valence electrons. The van der Waals surface area contributed by atoms with Crippen molar-refractivity contribution in [1.29, 1.82) is 0 Å². The van der Waals surface area contributed by atoms with E-state index in [1.165, 1.54) is 0 Å². The lowest BCUT2D eigenvalue weighted by molar-refractivity contribution is 0.418. The van der Waals surface area contributed by atoms with Crippen molar-refractivity contribution in [2.24, 2.45) is 0 Å². The van der Waals surface area contributed by atoms with Crippen LogP contribution in [0.25, 0.3) is 11.5 Å². The van der Waals surface area contributed by atoms with Gasteiger partial charge in [-0.3, -0.25) is 0 Å². The summed E-state index contributed by atoms with van der Waals surface area (Å²) in [5.74, 6) is 0.990. The maximum atomic E-state index is 9.86. The molecule has 0 radical (unpaired) electrons. The van der Waals surface area contributed by atoms with Crippen LogP contribution in [-0.2, 0) is 6.42 Å². The summed E-state index contributed by atoms with van der Waals surface area (Å²) < 4.78 is 7.09. The predicted octanol–water partition coefficient (Wildman–Crippen LogP) is 4.56. The molecular weight excluding hydrogens is 400 g/mol. The fraction of sp³-hybridized carbons (Fsp3) is 0.0667. The van der Waals surface area contributed by atoms with E-state index in [1.807, 2.05) is 24.3 Å². The molecule has 4 nitrogen and oxygen atoms in total. The summed E-state index contributed by atoms with van der Waals surface area (Å²) in [6.45, 7) is 0. The van der Waals surface area contributed by atoms with E-state index in [0.717, 1.165) is 14.5 Å². The van der Waals surface area contributed by atoms with Crippen molar-refractivity contribution in [2.75, 3.05) is 0 Å². The van der Waals surface area contributed by atoms with Crippen molar-refractivity contribution < 1.29 is 9.63 Å². The molecule has 1 N–H and O–H groups in total. The second-order valence-corrected chi connectivity index (χ2v) is 6.31. The Labute approximate surface area is 138 Å². The number of nitrogens with zero attached hydrogens (tertiary/aromatic N) is 2. The molecule has 21 heavy (non-hydrogen) atoms. The fourth-order valence-corrected chi connectivity index (χ4v) is 2.52. The number of phenolic OH excluding ortho intramolecular Hbond substituents is 1. The standard InChI is InChI=1S/C15H10Br2N2O2/c16-10-3-1-9(2-4-10)7-14-18-15(21-19-14)12-8-11(17)5-6-13(12)20/h1-6,8,20H,7H2. The normalized spacial score (nSPS) is 10.8. The summed E-state index contributed by atoms with van der Waals surface area (Å²) in [5, 5.41) is 13.8. The van der Waals surface area contributed by atoms with E-state index in [4.69, 9.17) is 4.52 Å². The van der Waals surface area contributed by atoms with E-state index < -0.39 is 0 Å². The number of aromatic hydroxyl groups is 1. The average molecular weight is 410 g/mol. The Hall–Kier alpha value is -1.66. The highest BCUT2D eigenvalue weighted by Crippen LogP contribution is 2.30. The summed E-state index contributed by atoms with van der Waals surface area (Å²) in [5.41, 5.74) is 1.60. The first-order valence-corrected chi connectivity index (χ1v) is 7.76. The van der Waals surface area contributed by atoms with E-state index in [0.29, 0.717) is 23.7 Å². The fourth-order valence-electron chi connectivity index (χ4n) is 1.90. The molecule has 0 saturated carbocycles. The maximum absolute atomic E-state index is 9.86. The van der Waals surface area contributed by atoms with E-state index in [2.05, 4.69) is 42.0 Å². The van der Waals surface area contributed by atoms with Gasteiger partial charge in [-0.15, -0.1) is 0 Å². The van der Waals surface area contributed by atoms with Gasteiger partial charge in [-0.1, -0.05) is 49.1 Å². The Morgan fingerprint density at radius 2 is 1.71 bits per heavy atom. The molecule has 0 aliphatic carbocycles. The van der Waals surface area contributed by atoms with Crippen LogP contribution in [0.2, 0.25) is 0 Å². The first-order valence-electron chi connectivity index (χ1n) is 6.18. The van der Waals surface area contributed by atoms with Gasteiger partial charge in [-0.2, -0.15) is 4.98 Å². The summed E-state index contributed by atoms with van der Waals surface area (Å²) in [4.78, 5) is 4.33. The summed E-state index contributed by atoms with van der Waals surface area (Å²) >= 11 is 6.75. The largest absolute Gasteiger partial charge is 0.507 e. The molecule has 6 heteroatoms. The Morgan fingerprint density at radius 3 is 2.48 bits per heavy atom. The number of benzene rings is 2. The highest BCUT2D eigenvalue weighted by atomic mass is 79.9. The second kappa shape index (κ2) is 5.99. The minimum absolute atomic E-state index is 0.108. The SMILES string of the molecule is Oc1ccc(Br)cc1-c1nc(Cc2ccc(Br)cc2)no1. The molecule has 0 saturated heterocycles. The van der Waals surface area contributed by atoms with Crippen molar-refractivity contribution in [2.45, 2.75) is 6.42 Å². The summed E-state index contributed by atoms with van der Waals surface area (Å²) in [6, 6.07) is 13.0. The first kappa shape index (κ1) is 14.3. The molecule has 0 atom stereocenters. The number of aromatic nitrogens is 2. The first-order chi connectivity index (χ1) is 10.1. The highest BCUT2D eigenvalue weighted by Gasteiger charge is 2.13. The maximum Gasteiger partial charge on any atom is 0.261 e. The van der Waals surface area contributed by atoms with Crippen LogP contribution in [0.4, 0.5) is 0 Å². The van der Waals surface area contributed by atoms with Gasteiger partial charge in [0.25, 0.3) is 5.89 Å². The lowest BCUT2D eigenvalue weighted by Crippen LogP contribution is -1.90. The number of hydrogen-bond donors (Lipinski definition) is 1. The molecule has 0 amide bonds. The topological polar surface area (TPSA) is 59.2 Å². The molecule has 0 bridgehead atoms.